The van der Waals surface area contributed by atoms with Gasteiger partial charge >= 0.3 is 17.9 Å². The van der Waals surface area contributed by atoms with Gasteiger partial charge in [-0.2, -0.15) is 0 Å². The van der Waals surface area contributed by atoms with Crippen molar-refractivity contribution in [3.05, 3.63) is 23.3 Å². The molecule has 8 aliphatic rings. The Kier molecular flexibility index (Phi) is 17.6. The second-order valence-corrected chi connectivity index (χ2v) is 26.2. The smallest absolute Gasteiger partial charge is 0.335 e. The van der Waals surface area contributed by atoms with Crippen molar-refractivity contribution in [1.82, 2.24) is 0 Å². The normalized spacial score (nSPS) is 49.4. The lowest BCUT2D eigenvalue weighted by molar-refractivity contribution is -0.386. The molecule has 0 bridgehead atoms. The molecule has 3 saturated heterocycles. The summed E-state index contributed by atoms with van der Waals surface area (Å²) in [5.74, 6) is -4.49. The number of ether oxygens (including phenoxy) is 8. The molecule has 3 heterocycles. The van der Waals surface area contributed by atoms with Crippen LogP contribution >= 0.6 is 0 Å². The van der Waals surface area contributed by atoms with Gasteiger partial charge in [0.05, 0.1) is 49.5 Å². The Labute approximate surface area is 460 Å². The van der Waals surface area contributed by atoms with Gasteiger partial charge in [0.1, 0.15) is 67.1 Å². The van der Waals surface area contributed by atoms with Crippen LogP contribution in [-0.4, -0.2) is 216 Å². The van der Waals surface area contributed by atoms with E-state index in [0.29, 0.717) is 44.1 Å². The van der Waals surface area contributed by atoms with Crippen LogP contribution in [0, 0.1) is 56.2 Å². The summed E-state index contributed by atoms with van der Waals surface area (Å²) in [4.78, 5) is 40.1. The van der Waals surface area contributed by atoms with Gasteiger partial charge in [-0.1, -0.05) is 80.0 Å². The summed E-state index contributed by atoms with van der Waals surface area (Å²) in [6, 6.07) is 0. The van der Waals surface area contributed by atoms with Gasteiger partial charge in [0.15, 0.2) is 31.1 Å². The molecule has 0 aromatic heterocycles. The molecule has 8 unspecified atom stereocenters. The fourth-order valence-electron chi connectivity index (χ4n) is 16.2. The summed E-state index contributed by atoms with van der Waals surface area (Å²) in [6.45, 7) is 18.5. The van der Waals surface area contributed by atoms with Crippen molar-refractivity contribution in [2.75, 3.05) is 19.8 Å². The third-order valence-corrected chi connectivity index (χ3v) is 21.1. The van der Waals surface area contributed by atoms with Gasteiger partial charge in [-0.15, -0.1) is 0 Å². The van der Waals surface area contributed by atoms with E-state index in [1.807, 2.05) is 34.6 Å². The van der Waals surface area contributed by atoms with Gasteiger partial charge in [-0.25, -0.2) is 9.59 Å². The Bertz CT molecular complexity index is 2310. The van der Waals surface area contributed by atoms with Crippen LogP contribution in [0.2, 0.25) is 0 Å². The highest BCUT2D eigenvalue weighted by atomic mass is 16.8. The summed E-state index contributed by atoms with van der Waals surface area (Å²) < 4.78 is 49.0. The molecule has 0 aromatic carbocycles. The number of carbonyl (C=O) groups excluding carboxylic acids is 2. The molecule has 12 N–H and O–H groups in total. The molecule has 79 heavy (non-hydrogen) atoms. The minimum Gasteiger partial charge on any atom is -0.479 e. The van der Waals surface area contributed by atoms with Gasteiger partial charge in [-0.05, 0) is 86.4 Å². The molecule has 7 fully saturated rings. The van der Waals surface area contributed by atoms with Crippen LogP contribution in [0.15, 0.2) is 23.3 Å². The maximum atomic E-state index is 13.7. The monoisotopic (exact) mass is 1130 g/mol. The largest absolute Gasteiger partial charge is 0.479 e. The molecule has 26 atom stereocenters. The van der Waals surface area contributed by atoms with Crippen molar-refractivity contribution in [2.45, 2.75) is 231 Å². The summed E-state index contributed by atoms with van der Waals surface area (Å²) in [6.07, 6.45) is -25.3. The van der Waals surface area contributed by atoms with Gasteiger partial charge < -0.3 is 99.2 Å². The van der Waals surface area contributed by atoms with E-state index in [-0.39, 0.29) is 11.8 Å². The fraction of sp³-hybridized carbons (Fsp3) is 0.875. The van der Waals surface area contributed by atoms with Crippen LogP contribution in [0.25, 0.3) is 0 Å². The summed E-state index contributed by atoms with van der Waals surface area (Å²) in [7, 11) is 0. The number of carbonyl (C=O) groups is 3. The lowest BCUT2D eigenvalue weighted by Gasteiger charge is -2.73. The average molecular weight is 1130 g/mol. The second kappa shape index (κ2) is 22.3. The fourth-order valence-corrected chi connectivity index (χ4v) is 16.2. The molecule has 0 aromatic rings. The van der Waals surface area contributed by atoms with Crippen molar-refractivity contribution < 1.29 is 114 Å². The highest BCUT2D eigenvalue weighted by Crippen LogP contribution is 2.76. The van der Waals surface area contributed by atoms with Gasteiger partial charge in [-0.3, -0.25) is 4.79 Å². The first-order valence-electron chi connectivity index (χ1n) is 28.0. The third kappa shape index (κ3) is 9.76. The highest BCUT2D eigenvalue weighted by molar-refractivity contribution is 5.87. The van der Waals surface area contributed by atoms with Crippen molar-refractivity contribution in [2.24, 2.45) is 56.2 Å². The Morgan fingerprint density at radius 2 is 1.28 bits per heavy atom. The van der Waals surface area contributed by atoms with E-state index in [9.17, 15) is 75.7 Å². The summed E-state index contributed by atoms with van der Waals surface area (Å²) in [5.41, 5.74) is -4.56. The number of aliphatic hydroxyl groups is 11. The van der Waals surface area contributed by atoms with E-state index in [1.54, 1.807) is 33.8 Å². The van der Waals surface area contributed by atoms with Gasteiger partial charge in [0.25, 0.3) is 0 Å². The molecule has 23 heteroatoms. The SMILES string of the molecule is C/C=C(/C)C(=O)O[C@H]1[C@H](OC(=O)C(C)C)[C@@]2(CO)C(CC1(C)C)C1=CCC3[C@@]4(C)CC[C@H](O[C@@H]5OC(C(=O)O)[C@H](O)[C@H](O[C@@H]6O[C@H](CO)[C@H](O)C6O)C5O[C@@H]5OC(CO)[C@H](O)[C@H](O)C5O)C(C)(C)C4CC[C@@]3(C)[C@]1(C)[C@@H](O)[C@H]2O. The Hall–Kier alpha value is -2.79. The number of fused-ring (bicyclic) bond motifs is 7. The first-order valence-corrected chi connectivity index (χ1v) is 28.0. The molecule has 0 spiro atoms. The van der Waals surface area contributed by atoms with E-state index >= 15 is 0 Å². The number of carboxylic acid groups (broad SMARTS) is 1. The maximum Gasteiger partial charge on any atom is 0.335 e. The van der Waals surface area contributed by atoms with Crippen LogP contribution in [0.4, 0.5) is 0 Å². The Balaban J connectivity index is 1.14. The van der Waals surface area contributed by atoms with E-state index in [2.05, 4.69) is 19.9 Å². The number of hydrogen-bond donors (Lipinski definition) is 12. The first-order chi connectivity index (χ1) is 36.8. The zero-order valence-corrected chi connectivity index (χ0v) is 47.2. The number of aliphatic hydroxyl groups excluding tert-OH is 11. The predicted molar refractivity (Wildman–Crippen MR) is 272 cm³/mol. The standard InChI is InChI=1S/C56H88O23/c1-12-24(4)47(71)78-43-44(79-46(70)23(2)3)56(22-59)26(19-51(43,5)6)25-13-14-30-53(9)17-16-31(52(7,8)29(53)15-18-54(30,10)55(25,11)41(66)42(56)67)74-50-40(77-49-36(64)34(62)32(60)27(20-57)72-49)38(37(65)39(76-50)45(68)69)75-48-35(63)33(61)28(21-58)73-48/h12-13,23,26-44,48-50,57-67H,14-22H2,1-11H3,(H,68,69)/b24-12-/t26?,27?,28-,29?,30?,31+,32+,33+,34+,35?,36?,37-,38+,39?,40?,41+,42-,43+,44+,48+,49+,50-,53+,54-,55+,56+/m1/s1. The van der Waals surface area contributed by atoms with Gasteiger partial charge in [0.2, 0.25) is 0 Å². The molecule has 8 rings (SSSR count). The van der Waals surface area contributed by atoms with E-state index < -0.39 is 199 Å². The molecule has 23 nitrogen and oxygen atoms in total. The number of aliphatic carboxylic acids is 1. The van der Waals surface area contributed by atoms with Crippen LogP contribution < -0.4 is 0 Å². The predicted octanol–water partition coefficient (Wildman–Crippen LogP) is -0.0475. The summed E-state index contributed by atoms with van der Waals surface area (Å²) >= 11 is 0. The van der Waals surface area contributed by atoms with Crippen LogP contribution in [0.1, 0.15) is 115 Å². The highest BCUT2D eigenvalue weighted by Gasteiger charge is 2.76. The number of hydrogen-bond acceptors (Lipinski definition) is 22. The maximum absolute atomic E-state index is 13.7. The molecular formula is C56H88O23. The zero-order chi connectivity index (χ0) is 58.6. The lowest BCUT2D eigenvalue weighted by atomic mass is 9.32. The first kappa shape index (κ1) is 62.3. The molecule has 3 aliphatic heterocycles. The molecule has 0 amide bonds. The van der Waals surface area contributed by atoms with Crippen LogP contribution in [-0.2, 0) is 52.3 Å². The minimum absolute atomic E-state index is 0.145. The van der Waals surface area contributed by atoms with Gasteiger partial charge in [0, 0.05) is 16.4 Å². The molecule has 4 saturated carbocycles. The van der Waals surface area contributed by atoms with Crippen molar-refractivity contribution in [1.29, 1.82) is 0 Å². The Morgan fingerprint density at radius 3 is 1.84 bits per heavy atom. The van der Waals surface area contributed by atoms with Crippen LogP contribution in [0.3, 0.4) is 0 Å². The number of esters is 2. The van der Waals surface area contributed by atoms with Crippen molar-refractivity contribution in [3.8, 4) is 0 Å². The minimum atomic E-state index is -2.12. The van der Waals surface area contributed by atoms with E-state index in [1.165, 1.54) is 0 Å². The molecule has 450 valence electrons. The van der Waals surface area contributed by atoms with E-state index in [0.717, 1.165) is 5.57 Å². The van der Waals surface area contributed by atoms with Crippen molar-refractivity contribution >= 4 is 17.9 Å². The topological polar surface area (TPSA) is 368 Å². The zero-order valence-electron chi connectivity index (χ0n) is 47.2. The van der Waals surface area contributed by atoms with E-state index in [4.69, 9.17) is 37.9 Å². The van der Waals surface area contributed by atoms with Crippen LogP contribution in [0.5, 0.6) is 0 Å². The molecular weight excluding hydrogens is 1040 g/mol. The second-order valence-electron chi connectivity index (χ2n) is 26.2. The summed E-state index contributed by atoms with van der Waals surface area (Å²) in [5, 5.41) is 134. The Morgan fingerprint density at radius 1 is 0.696 bits per heavy atom. The lowest BCUT2D eigenvalue weighted by Crippen LogP contribution is -2.76. The number of allylic oxidation sites excluding steroid dienone is 2. The molecule has 5 aliphatic carbocycles. The van der Waals surface area contributed by atoms with Crippen molar-refractivity contribution in [3.63, 3.8) is 0 Å². The number of rotatable bonds is 14. The average Bonchev–Trinajstić information content (AvgIpc) is 3.35. The number of carboxylic acids is 1. The third-order valence-electron chi connectivity index (χ3n) is 21.1. The quantitative estimate of drug-likeness (QED) is 0.0470. The molecule has 0 radical (unpaired) electrons.